The number of pyridine rings is 1. The van der Waals surface area contributed by atoms with Crippen LogP contribution in [0.25, 0.3) is 72.7 Å². The van der Waals surface area contributed by atoms with Gasteiger partial charge in [-0.1, -0.05) is 149 Å². The Balaban J connectivity index is 0.00000722. The van der Waals surface area contributed by atoms with Crippen molar-refractivity contribution in [3.8, 4) is 67.5 Å². The molecule has 0 aliphatic heterocycles. The number of rotatable bonds is 6. The second-order valence-corrected chi connectivity index (χ2v) is 15.9. The van der Waals surface area contributed by atoms with Gasteiger partial charge in [0.15, 0.2) is 0 Å². The number of hydrogen-bond donors (Lipinski definition) is 1. The number of imidazole rings is 1. The van der Waals surface area contributed by atoms with Crippen molar-refractivity contribution < 1.29 is 44.0 Å². The third-order valence-corrected chi connectivity index (χ3v) is 9.88. The smallest absolute Gasteiger partial charge is 0.148 e. The van der Waals surface area contributed by atoms with E-state index >= 15 is 0 Å². The molecule has 57 heavy (non-hydrogen) atoms. The van der Waals surface area contributed by atoms with E-state index in [9.17, 15) is 6.48 Å². The van der Waals surface area contributed by atoms with Crippen LogP contribution in [-0.2, 0) is 31.9 Å². The number of aromatic nitrogens is 3. The quantitative estimate of drug-likeness (QED) is 0.169. The molecule has 0 spiro atoms. The van der Waals surface area contributed by atoms with Crippen molar-refractivity contribution in [2.75, 3.05) is 0 Å². The summed E-state index contributed by atoms with van der Waals surface area (Å²) < 4.78 is 112. The molecule has 1 N–H and O–H groups in total. The fraction of sp³-hybridized carbons (Fsp3) is 0.192. The van der Waals surface area contributed by atoms with Crippen LogP contribution in [0.3, 0.4) is 0 Å². The van der Waals surface area contributed by atoms with E-state index < -0.39 is 78.2 Å². The van der Waals surface area contributed by atoms with Crippen molar-refractivity contribution in [1.29, 1.82) is 0 Å². The number of nitrogens with zero attached hydrogens (tertiary/aromatic N) is 3. The maximum absolute atomic E-state index is 11.4. The van der Waals surface area contributed by atoms with Gasteiger partial charge < -0.3 is 5.11 Å². The monoisotopic (exact) mass is 938 g/mol. The molecular formula is C52H48N3OPt-. The average Bonchev–Trinajstić information content (AvgIpc) is 3.66. The van der Waals surface area contributed by atoms with Crippen LogP contribution in [0, 0.1) is 19.8 Å². The fourth-order valence-corrected chi connectivity index (χ4v) is 6.80. The molecule has 288 valence electrons. The first kappa shape index (κ1) is 26.4. The van der Waals surface area contributed by atoms with Crippen molar-refractivity contribution in [2.45, 2.75) is 66.1 Å². The van der Waals surface area contributed by atoms with Crippen LogP contribution in [0.4, 0.5) is 0 Å². The van der Waals surface area contributed by atoms with Gasteiger partial charge in [-0.15, -0.1) is 29.3 Å². The SMILES string of the molecule is [2H]c1nc(-c2[c-]c(-c3cccc4c3nc(-c3ccccc3O)n4-c3ccc(C([2H])([2H])[2H])cc3-c3ccc(C(C)(C)C)cc3)cc(C(C)(C)C)c2)c([2H])c(-c2c([2H])c([2H])c(C([2H])([2H])[2H])c([2H])c2[2H])c1[2H].[Pt]. The van der Waals surface area contributed by atoms with Crippen LogP contribution in [0.1, 0.15) is 81.6 Å². The molecular weight excluding hydrogens is 878 g/mol. The zero-order valence-electron chi connectivity index (χ0n) is 45.3. The normalized spacial score (nSPS) is 15.5. The molecule has 4 nitrogen and oxygen atoms in total. The van der Waals surface area contributed by atoms with E-state index in [-0.39, 0.29) is 49.1 Å². The molecule has 0 saturated heterocycles. The summed E-state index contributed by atoms with van der Waals surface area (Å²) in [6.45, 7) is 6.90. The number of aryl methyl sites for hydroxylation is 1. The molecule has 0 radical (unpaired) electrons. The minimum absolute atomic E-state index is 0. The summed E-state index contributed by atoms with van der Waals surface area (Å²) in [5.41, 5.74) is 4.14. The van der Waals surface area contributed by atoms with Gasteiger partial charge in [0.05, 0.1) is 31.9 Å². The van der Waals surface area contributed by atoms with E-state index in [0.717, 1.165) is 16.7 Å². The summed E-state index contributed by atoms with van der Waals surface area (Å²) in [5.74, 6) is 0.309. The van der Waals surface area contributed by atoms with Crippen LogP contribution < -0.4 is 0 Å². The second-order valence-electron chi connectivity index (χ2n) is 15.9. The summed E-state index contributed by atoms with van der Waals surface area (Å²) in [4.78, 5) is 9.61. The Morgan fingerprint density at radius 3 is 2.05 bits per heavy atom. The number of fused-ring (bicyclic) bond motifs is 1. The Kier molecular flexibility index (Phi) is 7.13. The number of aromatic hydroxyl groups is 1. The van der Waals surface area contributed by atoms with Crippen LogP contribution in [0.15, 0.2) is 139 Å². The van der Waals surface area contributed by atoms with Gasteiger partial charge >= 0.3 is 0 Å². The van der Waals surface area contributed by atoms with E-state index in [2.05, 4.69) is 31.8 Å². The second kappa shape index (κ2) is 15.4. The van der Waals surface area contributed by atoms with E-state index in [1.807, 2.05) is 73.9 Å². The van der Waals surface area contributed by atoms with Crippen LogP contribution in [0.5, 0.6) is 5.75 Å². The molecule has 2 heterocycles. The molecule has 0 saturated carbocycles. The van der Waals surface area contributed by atoms with E-state index in [0.29, 0.717) is 44.8 Å². The average molecular weight is 939 g/mol. The first-order valence-electron chi connectivity index (χ1n) is 24.8. The van der Waals surface area contributed by atoms with Gasteiger partial charge in [-0.3, -0.25) is 9.55 Å². The molecule has 0 aliphatic rings. The van der Waals surface area contributed by atoms with E-state index in [4.69, 9.17) is 21.4 Å². The molecule has 0 bridgehead atoms. The van der Waals surface area contributed by atoms with Gasteiger partial charge in [-0.2, -0.15) is 0 Å². The summed E-state index contributed by atoms with van der Waals surface area (Å²) in [6, 6.07) is 28.0. The van der Waals surface area contributed by atoms with E-state index in [1.165, 1.54) is 0 Å². The fourth-order valence-electron chi connectivity index (χ4n) is 6.80. The molecule has 5 heteroatoms. The molecule has 0 unspecified atom stereocenters. The van der Waals surface area contributed by atoms with Gasteiger partial charge in [0, 0.05) is 46.7 Å². The maximum atomic E-state index is 11.4. The minimum atomic E-state index is -2.99. The Morgan fingerprint density at radius 2 is 1.35 bits per heavy atom. The first-order chi connectivity index (χ1) is 32.1. The number of benzene rings is 6. The molecule has 0 fully saturated rings. The number of hydrogen-bond acceptors (Lipinski definition) is 3. The van der Waals surface area contributed by atoms with Crippen molar-refractivity contribution in [1.82, 2.24) is 14.5 Å². The third kappa shape index (κ3) is 7.89. The largest absolute Gasteiger partial charge is 0.507 e. The molecule has 8 aromatic rings. The molecule has 0 amide bonds. The Labute approximate surface area is 369 Å². The summed E-state index contributed by atoms with van der Waals surface area (Å²) >= 11 is 0. The summed E-state index contributed by atoms with van der Waals surface area (Å²) in [6.07, 6.45) is -0.620. The van der Waals surface area contributed by atoms with Crippen LogP contribution in [0.2, 0.25) is 0 Å². The summed E-state index contributed by atoms with van der Waals surface area (Å²) in [5, 5.41) is 11.4. The number of phenolic OH excluding ortho intramolecular Hbond substituents is 1. The molecule has 6 aromatic carbocycles. The zero-order valence-corrected chi connectivity index (χ0v) is 34.6. The standard InChI is InChI=1S/C52H48N3O.Pt/c1-33-16-19-35(20-17-33)37-26-27-53-45(32-37)39-29-38(30-41(31-39)52(6,7)8)42-13-11-14-47-49(42)54-50(43-12-9-10-15-48(43)56)55(47)46-25-18-34(2)28-44(46)36-21-23-40(24-22-36)51(3,4)5;/h9-28,30-32,56H,1-8H3;/q-1;/i1D3,2D3,16D,17D,19D,20D,26D,27D,32D;. The molecule has 8 rings (SSSR count). The molecule has 0 aliphatic carbocycles. The number of phenols is 1. The summed E-state index contributed by atoms with van der Waals surface area (Å²) in [7, 11) is 0. The van der Waals surface area contributed by atoms with Gasteiger partial charge in [-0.05, 0) is 83.2 Å². The van der Waals surface area contributed by atoms with Crippen LogP contribution >= 0.6 is 0 Å². The predicted molar refractivity (Wildman–Crippen MR) is 233 cm³/mol. The maximum Gasteiger partial charge on any atom is 0.148 e. The van der Waals surface area contributed by atoms with Crippen molar-refractivity contribution >= 4 is 11.0 Å². The number of para-hydroxylation sites is 2. The minimum Gasteiger partial charge on any atom is -0.507 e. The topological polar surface area (TPSA) is 50.9 Å². The van der Waals surface area contributed by atoms with Crippen molar-refractivity contribution in [2.24, 2.45) is 0 Å². The van der Waals surface area contributed by atoms with Gasteiger partial charge in [0.1, 0.15) is 11.6 Å². The zero-order chi connectivity index (χ0) is 50.4. The van der Waals surface area contributed by atoms with Gasteiger partial charge in [0.25, 0.3) is 0 Å². The van der Waals surface area contributed by atoms with Gasteiger partial charge in [-0.25, -0.2) is 4.98 Å². The Morgan fingerprint density at radius 1 is 0.649 bits per heavy atom. The predicted octanol–water partition coefficient (Wildman–Crippen LogP) is 13.5. The van der Waals surface area contributed by atoms with Crippen LogP contribution in [-0.4, -0.2) is 19.6 Å². The van der Waals surface area contributed by atoms with Crippen molar-refractivity contribution in [3.05, 3.63) is 168 Å². The molecule has 2 aromatic heterocycles. The molecule has 0 atom stereocenters. The Hall–Kier alpha value is -5.57. The van der Waals surface area contributed by atoms with Gasteiger partial charge in [0.2, 0.25) is 0 Å². The van der Waals surface area contributed by atoms with E-state index in [1.54, 1.807) is 48.5 Å². The third-order valence-electron chi connectivity index (χ3n) is 9.88. The Bertz CT molecular complexity index is 3340. The first-order valence-corrected chi connectivity index (χ1v) is 18.3. The van der Waals surface area contributed by atoms with Crippen molar-refractivity contribution in [3.63, 3.8) is 0 Å².